The van der Waals surface area contributed by atoms with Gasteiger partial charge in [-0.3, -0.25) is 9.59 Å². The topological polar surface area (TPSA) is 34.1 Å². The van der Waals surface area contributed by atoms with Gasteiger partial charge in [0.1, 0.15) is 0 Å². The number of ketones is 2. The molecule has 0 heterocycles. The van der Waals surface area contributed by atoms with Gasteiger partial charge in [0.2, 0.25) is 0 Å². The van der Waals surface area contributed by atoms with Gasteiger partial charge in [0.25, 0.3) is 0 Å². The smallest absolute Gasteiger partial charge is 0.187 e. The maximum atomic E-state index is 12.7. The van der Waals surface area contributed by atoms with Crippen molar-refractivity contribution < 1.29 is 9.59 Å². The molecule has 22 heavy (non-hydrogen) atoms. The highest BCUT2D eigenvalue weighted by Gasteiger charge is 2.48. The Balaban J connectivity index is 1.97. The van der Waals surface area contributed by atoms with Crippen LogP contribution < -0.4 is 0 Å². The van der Waals surface area contributed by atoms with E-state index in [0.29, 0.717) is 19.3 Å². The van der Waals surface area contributed by atoms with Crippen LogP contribution in [0.5, 0.6) is 0 Å². The zero-order valence-corrected chi connectivity index (χ0v) is 13.7. The van der Waals surface area contributed by atoms with Crippen molar-refractivity contribution in [3.63, 3.8) is 0 Å². The van der Waals surface area contributed by atoms with Crippen LogP contribution >= 0.6 is 23.5 Å². The van der Waals surface area contributed by atoms with Crippen LogP contribution in [0.2, 0.25) is 0 Å². The second kappa shape index (κ2) is 6.71. The molecule has 0 atom stereocenters. The van der Waals surface area contributed by atoms with E-state index in [9.17, 15) is 9.59 Å². The number of thioether (sulfide) groups is 2. The van der Waals surface area contributed by atoms with Gasteiger partial charge in [-0.05, 0) is 30.7 Å². The Morgan fingerprint density at radius 3 is 1.50 bits per heavy atom. The lowest BCUT2D eigenvalue weighted by Crippen LogP contribution is -2.43. The molecule has 0 spiro atoms. The molecule has 2 aromatic rings. The second-order valence-electron chi connectivity index (χ2n) is 5.15. The number of Topliss-reactive ketones (excluding diaryl/α,β-unsaturated/α-hetero) is 2. The van der Waals surface area contributed by atoms with Gasteiger partial charge >= 0.3 is 0 Å². The number of benzene rings is 2. The predicted molar refractivity (Wildman–Crippen MR) is 91.2 cm³/mol. The molecule has 0 aliphatic heterocycles. The minimum absolute atomic E-state index is 0.0338. The third-order valence-corrected chi connectivity index (χ3v) is 6.55. The summed E-state index contributed by atoms with van der Waals surface area (Å²) in [6.45, 7) is 0. The van der Waals surface area contributed by atoms with Gasteiger partial charge in [0, 0.05) is 22.6 Å². The first-order chi connectivity index (χ1) is 10.7. The van der Waals surface area contributed by atoms with Crippen LogP contribution in [0.3, 0.4) is 0 Å². The monoisotopic (exact) mass is 328 g/mol. The molecule has 3 rings (SSSR count). The van der Waals surface area contributed by atoms with Gasteiger partial charge in [-0.15, -0.1) is 0 Å². The van der Waals surface area contributed by atoms with Crippen molar-refractivity contribution >= 4 is 35.1 Å². The predicted octanol–water partition coefficient (Wildman–Crippen LogP) is 4.59. The molecule has 1 aliphatic rings. The number of carbonyl (C=O) groups is 2. The molecule has 1 fully saturated rings. The molecule has 0 aromatic heterocycles. The molecule has 112 valence electrons. The summed E-state index contributed by atoms with van der Waals surface area (Å²) in [4.78, 5) is 27.3. The number of rotatable bonds is 4. The van der Waals surface area contributed by atoms with E-state index in [4.69, 9.17) is 0 Å². The first-order valence-corrected chi connectivity index (χ1v) is 8.89. The van der Waals surface area contributed by atoms with Gasteiger partial charge in [-0.2, -0.15) is 0 Å². The van der Waals surface area contributed by atoms with E-state index in [1.165, 1.54) is 23.5 Å². The van der Waals surface area contributed by atoms with Crippen LogP contribution in [-0.4, -0.2) is 15.6 Å². The number of carbonyl (C=O) groups excluding carboxylic acids is 2. The summed E-state index contributed by atoms with van der Waals surface area (Å²) in [6.07, 6.45) is 1.63. The van der Waals surface area contributed by atoms with E-state index < -0.39 is 4.08 Å². The Labute approximate surface area is 138 Å². The second-order valence-corrected chi connectivity index (χ2v) is 7.98. The molecule has 0 radical (unpaired) electrons. The SMILES string of the molecule is O=C1CCCC(=O)C1(Sc1ccccc1)Sc1ccccc1. The third-order valence-electron chi connectivity index (χ3n) is 3.55. The highest BCUT2D eigenvalue weighted by Crippen LogP contribution is 2.50. The van der Waals surface area contributed by atoms with Crippen LogP contribution in [0.4, 0.5) is 0 Å². The lowest BCUT2D eigenvalue weighted by Gasteiger charge is -2.33. The van der Waals surface area contributed by atoms with Gasteiger partial charge < -0.3 is 0 Å². The molecule has 2 nitrogen and oxygen atoms in total. The van der Waals surface area contributed by atoms with Crippen molar-refractivity contribution in [2.75, 3.05) is 0 Å². The molecule has 2 aromatic carbocycles. The van der Waals surface area contributed by atoms with Gasteiger partial charge in [0.15, 0.2) is 15.6 Å². The molecule has 0 unspecified atom stereocenters. The normalized spacial score (nSPS) is 17.5. The molecule has 0 bridgehead atoms. The first kappa shape index (κ1) is 15.4. The Morgan fingerprint density at radius 1 is 0.682 bits per heavy atom. The molecule has 0 amide bonds. The highest BCUT2D eigenvalue weighted by atomic mass is 32.2. The summed E-state index contributed by atoms with van der Waals surface area (Å²) < 4.78 is -1.04. The standard InChI is InChI=1S/C18H16O2S2/c19-16-12-7-13-17(20)18(16,21-14-8-3-1-4-9-14)22-15-10-5-2-6-11-15/h1-6,8-11H,7,12-13H2. The van der Waals surface area contributed by atoms with E-state index in [-0.39, 0.29) is 11.6 Å². The average molecular weight is 328 g/mol. The fourth-order valence-corrected chi connectivity index (χ4v) is 5.31. The Hall–Kier alpha value is -1.52. The largest absolute Gasteiger partial charge is 0.297 e. The van der Waals surface area contributed by atoms with E-state index in [0.717, 1.165) is 9.79 Å². The minimum Gasteiger partial charge on any atom is -0.297 e. The highest BCUT2D eigenvalue weighted by molar-refractivity contribution is 8.20. The van der Waals surface area contributed by atoms with Crippen molar-refractivity contribution in [2.24, 2.45) is 0 Å². The Morgan fingerprint density at radius 2 is 1.09 bits per heavy atom. The number of hydrogen-bond donors (Lipinski definition) is 0. The van der Waals surface area contributed by atoms with Gasteiger partial charge in [-0.1, -0.05) is 59.9 Å². The summed E-state index contributed by atoms with van der Waals surface area (Å²) >= 11 is 2.77. The summed E-state index contributed by atoms with van der Waals surface area (Å²) in [5.41, 5.74) is 0. The van der Waals surface area contributed by atoms with E-state index in [2.05, 4.69) is 0 Å². The van der Waals surface area contributed by atoms with Crippen molar-refractivity contribution in [3.05, 3.63) is 60.7 Å². The fraction of sp³-hybridized carbons (Fsp3) is 0.222. The maximum Gasteiger partial charge on any atom is 0.187 e. The van der Waals surface area contributed by atoms with Crippen molar-refractivity contribution in [1.29, 1.82) is 0 Å². The molecule has 1 aliphatic carbocycles. The Kier molecular flexibility index (Phi) is 4.69. The van der Waals surface area contributed by atoms with Crippen LogP contribution in [0.25, 0.3) is 0 Å². The van der Waals surface area contributed by atoms with Crippen LogP contribution in [0, 0.1) is 0 Å². The van der Waals surface area contributed by atoms with Crippen molar-refractivity contribution in [3.8, 4) is 0 Å². The molecular formula is C18H16O2S2. The zero-order valence-electron chi connectivity index (χ0n) is 12.0. The molecule has 1 saturated carbocycles. The lowest BCUT2D eigenvalue weighted by atomic mass is 9.97. The van der Waals surface area contributed by atoms with E-state index in [1.807, 2.05) is 60.7 Å². The average Bonchev–Trinajstić information content (AvgIpc) is 2.54. The molecule has 0 N–H and O–H groups in total. The quantitative estimate of drug-likeness (QED) is 0.607. The van der Waals surface area contributed by atoms with Crippen LogP contribution in [0.15, 0.2) is 70.5 Å². The summed E-state index contributed by atoms with van der Waals surface area (Å²) in [5, 5.41) is 0. The zero-order chi connectivity index (χ0) is 15.4. The first-order valence-electron chi connectivity index (χ1n) is 7.25. The minimum atomic E-state index is -1.04. The molecule has 4 heteroatoms. The van der Waals surface area contributed by atoms with Crippen LogP contribution in [0.1, 0.15) is 19.3 Å². The van der Waals surface area contributed by atoms with Crippen LogP contribution in [-0.2, 0) is 9.59 Å². The number of hydrogen-bond acceptors (Lipinski definition) is 4. The van der Waals surface area contributed by atoms with E-state index >= 15 is 0 Å². The summed E-state index contributed by atoms with van der Waals surface area (Å²) in [7, 11) is 0. The molecule has 0 saturated heterocycles. The lowest BCUT2D eigenvalue weighted by molar-refractivity contribution is -0.129. The van der Waals surface area contributed by atoms with Crippen molar-refractivity contribution in [2.45, 2.75) is 33.1 Å². The maximum absolute atomic E-state index is 12.7. The van der Waals surface area contributed by atoms with Crippen molar-refractivity contribution in [1.82, 2.24) is 0 Å². The summed E-state index contributed by atoms with van der Waals surface area (Å²) in [6, 6.07) is 19.4. The van der Waals surface area contributed by atoms with Gasteiger partial charge in [-0.25, -0.2) is 0 Å². The van der Waals surface area contributed by atoms with E-state index in [1.54, 1.807) is 0 Å². The third kappa shape index (κ3) is 3.13. The van der Waals surface area contributed by atoms with Gasteiger partial charge in [0.05, 0.1) is 0 Å². The Bertz CT molecular complexity index is 609. The summed E-state index contributed by atoms with van der Waals surface area (Å²) in [5.74, 6) is 0.0675. The molecular weight excluding hydrogens is 312 g/mol. The fourth-order valence-electron chi connectivity index (χ4n) is 2.45.